The average molecular weight is 406 g/mol. The average Bonchev–Trinajstić information content (AvgIpc) is 3.09. The van der Waals surface area contributed by atoms with E-state index in [1.807, 2.05) is 24.3 Å². The van der Waals surface area contributed by atoms with Crippen molar-refractivity contribution in [2.24, 2.45) is 0 Å². The van der Waals surface area contributed by atoms with Gasteiger partial charge in [0.1, 0.15) is 5.51 Å². The van der Waals surface area contributed by atoms with Crippen LogP contribution < -0.4 is 5.32 Å². The molecule has 0 aliphatic rings. The van der Waals surface area contributed by atoms with Crippen LogP contribution in [0.5, 0.6) is 0 Å². The molecule has 0 unspecified atom stereocenters. The third-order valence-electron chi connectivity index (χ3n) is 3.32. The summed E-state index contributed by atoms with van der Waals surface area (Å²) in [5.74, 6) is -0.308. The Morgan fingerprint density at radius 1 is 1.15 bits per heavy atom. The van der Waals surface area contributed by atoms with E-state index in [0.717, 1.165) is 9.24 Å². The molecule has 1 N–H and O–H groups in total. The van der Waals surface area contributed by atoms with Crippen LogP contribution in [0, 0.1) is 0 Å². The Kier molecular flexibility index (Phi) is 5.70. The Labute approximate surface area is 159 Å². The number of hydrogen-bond donors (Lipinski definition) is 1. The van der Waals surface area contributed by atoms with E-state index in [4.69, 9.17) is 0 Å². The maximum Gasteiger partial charge on any atom is 0.255 e. The van der Waals surface area contributed by atoms with Crippen LogP contribution in [0.25, 0.3) is 0 Å². The molecule has 1 amide bonds. The van der Waals surface area contributed by atoms with Gasteiger partial charge in [0, 0.05) is 16.7 Å². The van der Waals surface area contributed by atoms with Gasteiger partial charge in [-0.25, -0.2) is 8.42 Å². The van der Waals surface area contributed by atoms with E-state index in [9.17, 15) is 13.2 Å². The van der Waals surface area contributed by atoms with Crippen molar-refractivity contribution in [1.29, 1.82) is 0 Å². The molecular weight excluding hydrogens is 390 g/mol. The minimum atomic E-state index is -3.10. The molecule has 0 aliphatic heterocycles. The number of carbonyl (C=O) groups excluding carboxylic acids is 1. The van der Waals surface area contributed by atoms with Crippen molar-refractivity contribution in [3.63, 3.8) is 0 Å². The number of anilines is 1. The molecule has 2 aromatic carbocycles. The number of hydrogen-bond acceptors (Lipinski definition) is 7. The Morgan fingerprint density at radius 2 is 1.88 bits per heavy atom. The van der Waals surface area contributed by atoms with Crippen molar-refractivity contribution in [3.05, 3.63) is 65.2 Å². The normalized spacial score (nSPS) is 11.3. The Balaban J connectivity index is 1.74. The smallest absolute Gasteiger partial charge is 0.255 e. The molecule has 0 radical (unpaired) electrons. The van der Waals surface area contributed by atoms with Gasteiger partial charge in [0.15, 0.2) is 14.2 Å². The summed E-state index contributed by atoms with van der Waals surface area (Å²) in [5.41, 5.74) is 3.44. The SMILES string of the molecule is CS(=O)(=O)Cc1ccc(C(=O)Nc2ccccc2Sc2nncs2)cc1. The zero-order valence-corrected chi connectivity index (χ0v) is 16.2. The predicted octanol–water partition coefficient (Wildman–Crippen LogP) is 3.49. The highest BCUT2D eigenvalue weighted by Crippen LogP contribution is 2.34. The maximum atomic E-state index is 12.5. The molecule has 134 valence electrons. The number of aromatic nitrogens is 2. The molecule has 6 nitrogen and oxygen atoms in total. The van der Waals surface area contributed by atoms with E-state index >= 15 is 0 Å². The topological polar surface area (TPSA) is 89.0 Å². The summed E-state index contributed by atoms with van der Waals surface area (Å²) in [5, 5.41) is 10.7. The predicted molar refractivity (Wildman–Crippen MR) is 103 cm³/mol. The number of carbonyl (C=O) groups is 1. The van der Waals surface area contributed by atoms with Gasteiger partial charge in [-0.1, -0.05) is 47.4 Å². The minimum absolute atomic E-state index is 0.0454. The van der Waals surface area contributed by atoms with E-state index < -0.39 is 9.84 Å². The highest BCUT2D eigenvalue weighted by Gasteiger charge is 2.12. The Bertz CT molecular complexity index is 1000. The van der Waals surface area contributed by atoms with Gasteiger partial charge in [-0.05, 0) is 29.8 Å². The molecular formula is C17H15N3O3S3. The number of amides is 1. The highest BCUT2D eigenvalue weighted by molar-refractivity contribution is 8.01. The number of nitrogens with one attached hydrogen (secondary N) is 1. The Hall–Kier alpha value is -2.23. The zero-order chi connectivity index (χ0) is 18.6. The summed E-state index contributed by atoms with van der Waals surface area (Å²) in [6.45, 7) is 0. The second-order valence-corrected chi connectivity index (χ2v) is 9.79. The summed E-state index contributed by atoms with van der Waals surface area (Å²) in [4.78, 5) is 13.4. The number of rotatable bonds is 6. The van der Waals surface area contributed by atoms with Gasteiger partial charge in [0.05, 0.1) is 11.4 Å². The molecule has 0 atom stereocenters. The highest BCUT2D eigenvalue weighted by atomic mass is 32.2. The van der Waals surface area contributed by atoms with Crippen LogP contribution in [0.1, 0.15) is 15.9 Å². The lowest BCUT2D eigenvalue weighted by molar-refractivity contribution is 0.102. The fourth-order valence-corrected chi connectivity index (χ4v) is 4.53. The summed E-state index contributed by atoms with van der Waals surface area (Å²) < 4.78 is 23.5. The zero-order valence-electron chi connectivity index (χ0n) is 13.7. The van der Waals surface area contributed by atoms with Crippen molar-refractivity contribution < 1.29 is 13.2 Å². The van der Waals surface area contributed by atoms with Gasteiger partial charge in [0.2, 0.25) is 0 Å². The fourth-order valence-electron chi connectivity index (χ4n) is 2.21. The molecule has 1 aromatic heterocycles. The molecule has 3 aromatic rings. The molecule has 0 saturated carbocycles. The van der Waals surface area contributed by atoms with Crippen LogP contribution in [0.3, 0.4) is 0 Å². The van der Waals surface area contributed by atoms with Crippen LogP contribution >= 0.6 is 23.1 Å². The Morgan fingerprint density at radius 3 is 2.54 bits per heavy atom. The monoisotopic (exact) mass is 405 g/mol. The summed E-state index contributed by atoms with van der Waals surface area (Å²) >= 11 is 2.86. The third-order valence-corrected chi connectivity index (χ3v) is 6.03. The minimum Gasteiger partial charge on any atom is -0.321 e. The van der Waals surface area contributed by atoms with Crippen molar-refractivity contribution >= 4 is 44.5 Å². The molecule has 0 saturated heterocycles. The van der Waals surface area contributed by atoms with Gasteiger partial charge < -0.3 is 5.32 Å². The van der Waals surface area contributed by atoms with Crippen molar-refractivity contribution in [1.82, 2.24) is 10.2 Å². The number of sulfone groups is 1. The number of benzene rings is 2. The van der Waals surface area contributed by atoms with Crippen LogP contribution in [0.4, 0.5) is 5.69 Å². The molecule has 0 fully saturated rings. The molecule has 3 rings (SSSR count). The second-order valence-electron chi connectivity index (χ2n) is 5.52. The maximum absolute atomic E-state index is 12.5. The van der Waals surface area contributed by atoms with E-state index in [0.29, 0.717) is 16.8 Å². The van der Waals surface area contributed by atoms with E-state index in [1.54, 1.807) is 29.8 Å². The first-order valence-electron chi connectivity index (χ1n) is 7.52. The summed E-state index contributed by atoms with van der Waals surface area (Å²) in [7, 11) is -3.10. The standard InChI is InChI=1S/C17H15N3O3S3/c1-26(22,23)10-12-6-8-13(9-7-12)16(21)19-14-4-2-3-5-15(14)25-17-20-18-11-24-17/h2-9,11H,10H2,1H3,(H,19,21). The molecule has 1 heterocycles. The van der Waals surface area contributed by atoms with Gasteiger partial charge in [-0.2, -0.15) is 0 Å². The first-order chi connectivity index (χ1) is 12.4. The third kappa shape index (κ3) is 5.13. The number of nitrogens with zero attached hydrogens (tertiary/aromatic N) is 2. The van der Waals surface area contributed by atoms with Gasteiger partial charge in [0.25, 0.3) is 5.91 Å². The van der Waals surface area contributed by atoms with Crippen molar-refractivity contribution in [2.45, 2.75) is 15.0 Å². The van der Waals surface area contributed by atoms with Crippen LogP contribution in [-0.4, -0.2) is 30.8 Å². The van der Waals surface area contributed by atoms with Crippen LogP contribution in [0.15, 0.2) is 63.3 Å². The summed E-state index contributed by atoms with van der Waals surface area (Å²) in [6, 6.07) is 14.0. The van der Waals surface area contributed by atoms with E-state index in [2.05, 4.69) is 15.5 Å². The molecule has 26 heavy (non-hydrogen) atoms. The lowest BCUT2D eigenvalue weighted by atomic mass is 10.1. The largest absolute Gasteiger partial charge is 0.321 e. The van der Waals surface area contributed by atoms with E-state index in [1.165, 1.54) is 29.4 Å². The second kappa shape index (κ2) is 7.98. The lowest BCUT2D eigenvalue weighted by Crippen LogP contribution is -2.12. The molecule has 0 aliphatic carbocycles. The first kappa shape index (κ1) is 18.6. The van der Waals surface area contributed by atoms with Gasteiger partial charge in [-0.15, -0.1) is 10.2 Å². The van der Waals surface area contributed by atoms with Crippen molar-refractivity contribution in [2.75, 3.05) is 11.6 Å². The quantitative estimate of drug-likeness (QED) is 0.675. The molecule has 0 bridgehead atoms. The molecule has 0 spiro atoms. The van der Waals surface area contributed by atoms with Gasteiger partial charge in [-0.3, -0.25) is 4.79 Å². The summed E-state index contributed by atoms with van der Waals surface area (Å²) in [6.07, 6.45) is 1.18. The number of para-hydroxylation sites is 1. The lowest BCUT2D eigenvalue weighted by Gasteiger charge is -2.10. The van der Waals surface area contributed by atoms with E-state index in [-0.39, 0.29) is 11.7 Å². The van der Waals surface area contributed by atoms with Crippen LogP contribution in [-0.2, 0) is 15.6 Å². The van der Waals surface area contributed by atoms with Gasteiger partial charge >= 0.3 is 0 Å². The molecule has 9 heteroatoms. The van der Waals surface area contributed by atoms with Crippen molar-refractivity contribution in [3.8, 4) is 0 Å². The fraction of sp³-hybridized carbons (Fsp3) is 0.118. The van der Waals surface area contributed by atoms with Crippen LogP contribution in [0.2, 0.25) is 0 Å². The first-order valence-corrected chi connectivity index (χ1v) is 11.3.